The molecule has 1 amide bonds. The monoisotopic (exact) mass is 257 g/mol. The van der Waals surface area contributed by atoms with Crippen LogP contribution in [0.25, 0.3) is 0 Å². The quantitative estimate of drug-likeness (QED) is 0.839. The van der Waals surface area contributed by atoms with Gasteiger partial charge >= 0.3 is 0 Å². The predicted octanol–water partition coefficient (Wildman–Crippen LogP) is 2.06. The maximum absolute atomic E-state index is 13.6. The summed E-state index contributed by atoms with van der Waals surface area (Å²) in [5, 5.41) is 9.30. The van der Waals surface area contributed by atoms with Crippen LogP contribution in [0.15, 0.2) is 23.1 Å². The number of carbonyl (C=O) groups excluding carboxylic acids is 1. The van der Waals surface area contributed by atoms with E-state index < -0.39 is 11.9 Å². The first kappa shape index (κ1) is 14.0. The van der Waals surface area contributed by atoms with E-state index >= 15 is 0 Å². The minimum absolute atomic E-state index is 0.0611. The van der Waals surface area contributed by atoms with Crippen LogP contribution in [0.3, 0.4) is 0 Å². The van der Waals surface area contributed by atoms with Crippen molar-refractivity contribution >= 4 is 17.7 Å². The van der Waals surface area contributed by atoms with Crippen LogP contribution in [-0.4, -0.2) is 35.8 Å². The molecule has 0 unspecified atom stereocenters. The summed E-state index contributed by atoms with van der Waals surface area (Å²) in [6, 6.07) is 4.55. The van der Waals surface area contributed by atoms with Gasteiger partial charge in [0.05, 0.1) is 11.9 Å². The van der Waals surface area contributed by atoms with Crippen LogP contribution in [0.4, 0.5) is 4.39 Å². The Morgan fingerprint density at radius 3 is 2.65 bits per heavy atom. The van der Waals surface area contributed by atoms with Gasteiger partial charge in [0.25, 0.3) is 0 Å². The molecule has 0 saturated carbocycles. The minimum atomic E-state index is -0.688. The molecule has 0 aliphatic rings. The number of nitrogens with zero attached hydrogens (tertiary/aromatic N) is 1. The van der Waals surface area contributed by atoms with Gasteiger partial charge in [-0.25, -0.2) is 4.39 Å². The summed E-state index contributed by atoms with van der Waals surface area (Å²) in [6.07, 6.45) is -0.688. The molecule has 0 saturated heterocycles. The largest absolute Gasteiger partial charge is 0.389 e. The summed E-state index contributed by atoms with van der Waals surface area (Å²) >= 11 is 1.16. The molecule has 1 atom stereocenters. The molecule has 0 spiro atoms. The van der Waals surface area contributed by atoms with Crippen LogP contribution in [-0.2, 0) is 4.79 Å². The minimum Gasteiger partial charge on any atom is -0.389 e. The van der Waals surface area contributed by atoms with Crippen molar-refractivity contribution in [3.8, 4) is 0 Å². The maximum Gasteiger partial charge on any atom is 0.232 e. The highest BCUT2D eigenvalue weighted by molar-refractivity contribution is 8.00. The molecular formula is C12H16FNO2S. The zero-order valence-electron chi connectivity index (χ0n) is 10.1. The topological polar surface area (TPSA) is 40.5 Å². The van der Waals surface area contributed by atoms with Crippen LogP contribution >= 0.6 is 11.8 Å². The van der Waals surface area contributed by atoms with E-state index in [1.165, 1.54) is 11.0 Å². The van der Waals surface area contributed by atoms with Gasteiger partial charge in [0.15, 0.2) is 0 Å². The zero-order valence-corrected chi connectivity index (χ0v) is 10.9. The lowest BCUT2D eigenvalue weighted by molar-refractivity contribution is -0.125. The van der Waals surface area contributed by atoms with Gasteiger partial charge in [-0.3, -0.25) is 4.79 Å². The average molecular weight is 257 g/mol. The molecule has 0 aliphatic heterocycles. The van der Waals surface area contributed by atoms with Gasteiger partial charge < -0.3 is 10.0 Å². The van der Waals surface area contributed by atoms with Crippen LogP contribution < -0.4 is 0 Å². The summed E-state index contributed by atoms with van der Waals surface area (Å²) in [4.78, 5) is 13.2. The fourth-order valence-corrected chi connectivity index (χ4v) is 2.06. The summed E-state index contributed by atoms with van der Waals surface area (Å²) < 4.78 is 13.6. The molecule has 1 aromatic carbocycles. The fraction of sp³-hybridized carbons (Fsp3) is 0.417. The third kappa shape index (κ3) is 4.02. The van der Waals surface area contributed by atoms with E-state index in [1.807, 2.05) is 0 Å². The molecule has 94 valence electrons. The second-order valence-electron chi connectivity index (χ2n) is 3.94. The molecular weight excluding hydrogens is 241 g/mol. The van der Waals surface area contributed by atoms with Gasteiger partial charge in [0.2, 0.25) is 5.91 Å². The lowest BCUT2D eigenvalue weighted by atomic mass is 10.1. The SMILES string of the molecule is C[C@@H](O)c1ccc(SCC(=O)N(C)C)c(F)c1. The molecule has 17 heavy (non-hydrogen) atoms. The summed E-state index contributed by atoms with van der Waals surface area (Å²) in [7, 11) is 3.32. The van der Waals surface area contributed by atoms with E-state index in [0.717, 1.165) is 11.8 Å². The van der Waals surface area contributed by atoms with Crippen molar-refractivity contribution < 1.29 is 14.3 Å². The van der Waals surface area contributed by atoms with E-state index in [-0.39, 0.29) is 11.7 Å². The van der Waals surface area contributed by atoms with Crippen LogP contribution in [0.5, 0.6) is 0 Å². The molecule has 0 heterocycles. The Labute approximate surface area is 105 Å². The van der Waals surface area contributed by atoms with Crippen LogP contribution in [0, 0.1) is 5.82 Å². The number of rotatable bonds is 4. The highest BCUT2D eigenvalue weighted by Gasteiger charge is 2.10. The molecule has 3 nitrogen and oxygen atoms in total. The molecule has 0 bridgehead atoms. The molecule has 5 heteroatoms. The van der Waals surface area contributed by atoms with Crippen LogP contribution in [0.2, 0.25) is 0 Å². The predicted molar refractivity (Wildman–Crippen MR) is 66.5 cm³/mol. The Morgan fingerprint density at radius 2 is 2.18 bits per heavy atom. The van der Waals surface area contributed by atoms with Gasteiger partial charge in [-0.15, -0.1) is 11.8 Å². The molecule has 0 aromatic heterocycles. The second-order valence-corrected chi connectivity index (χ2v) is 4.96. The number of hydrogen-bond acceptors (Lipinski definition) is 3. The van der Waals surface area contributed by atoms with E-state index in [0.29, 0.717) is 10.5 Å². The number of thioether (sulfide) groups is 1. The van der Waals surface area contributed by atoms with Gasteiger partial charge in [-0.1, -0.05) is 6.07 Å². The van der Waals surface area contributed by atoms with E-state index in [9.17, 15) is 14.3 Å². The number of aliphatic hydroxyl groups is 1. The fourth-order valence-electron chi connectivity index (χ4n) is 1.16. The van der Waals surface area contributed by atoms with E-state index in [4.69, 9.17) is 0 Å². The highest BCUT2D eigenvalue weighted by Crippen LogP contribution is 2.24. The van der Waals surface area contributed by atoms with Gasteiger partial charge in [0, 0.05) is 19.0 Å². The normalized spacial score (nSPS) is 12.3. The zero-order chi connectivity index (χ0) is 13.0. The first-order valence-electron chi connectivity index (χ1n) is 5.22. The average Bonchev–Trinajstić information content (AvgIpc) is 2.26. The number of benzene rings is 1. The maximum atomic E-state index is 13.6. The molecule has 0 radical (unpaired) electrons. The van der Waals surface area contributed by atoms with E-state index in [2.05, 4.69) is 0 Å². The third-order valence-electron chi connectivity index (χ3n) is 2.29. The Bertz CT molecular complexity index is 407. The molecule has 1 rings (SSSR count). The van der Waals surface area contributed by atoms with Gasteiger partial charge in [0.1, 0.15) is 5.82 Å². The third-order valence-corrected chi connectivity index (χ3v) is 3.32. The van der Waals surface area contributed by atoms with Crippen LogP contribution in [0.1, 0.15) is 18.6 Å². The van der Waals surface area contributed by atoms with Crippen molar-refractivity contribution in [3.63, 3.8) is 0 Å². The smallest absolute Gasteiger partial charge is 0.232 e. The van der Waals surface area contributed by atoms with Crippen molar-refractivity contribution in [2.24, 2.45) is 0 Å². The highest BCUT2D eigenvalue weighted by atomic mass is 32.2. The number of hydrogen-bond donors (Lipinski definition) is 1. The number of halogens is 1. The summed E-state index contributed by atoms with van der Waals surface area (Å²) in [5.74, 6) is -0.258. The lowest BCUT2D eigenvalue weighted by Crippen LogP contribution is -2.23. The Balaban J connectivity index is 2.70. The van der Waals surface area contributed by atoms with Crippen molar-refractivity contribution in [3.05, 3.63) is 29.6 Å². The lowest BCUT2D eigenvalue weighted by Gasteiger charge is -2.11. The van der Waals surface area contributed by atoms with Crippen molar-refractivity contribution in [2.45, 2.75) is 17.9 Å². The van der Waals surface area contributed by atoms with Crippen molar-refractivity contribution in [1.29, 1.82) is 0 Å². The summed E-state index contributed by atoms with van der Waals surface area (Å²) in [5.41, 5.74) is 0.533. The summed E-state index contributed by atoms with van der Waals surface area (Å²) in [6.45, 7) is 1.58. The molecule has 1 aromatic rings. The number of carbonyl (C=O) groups is 1. The molecule has 1 N–H and O–H groups in total. The number of amides is 1. The Morgan fingerprint density at radius 1 is 1.53 bits per heavy atom. The Kier molecular flexibility index (Phi) is 4.96. The second kappa shape index (κ2) is 6.02. The Hall–Kier alpha value is -1.07. The first-order valence-corrected chi connectivity index (χ1v) is 6.21. The van der Waals surface area contributed by atoms with Crippen molar-refractivity contribution in [1.82, 2.24) is 4.90 Å². The van der Waals surface area contributed by atoms with Gasteiger partial charge in [-0.05, 0) is 24.6 Å². The molecule has 0 fully saturated rings. The van der Waals surface area contributed by atoms with E-state index in [1.54, 1.807) is 33.2 Å². The molecule has 0 aliphatic carbocycles. The van der Waals surface area contributed by atoms with Crippen molar-refractivity contribution in [2.75, 3.05) is 19.8 Å². The van der Waals surface area contributed by atoms with Gasteiger partial charge in [-0.2, -0.15) is 0 Å². The standard InChI is InChI=1S/C12H16FNO2S/c1-8(15)9-4-5-11(10(13)6-9)17-7-12(16)14(2)3/h4-6,8,15H,7H2,1-3H3/t8-/m1/s1. The first-order chi connectivity index (χ1) is 7.91. The number of aliphatic hydroxyl groups excluding tert-OH is 1.